The van der Waals surface area contributed by atoms with Crippen molar-refractivity contribution >= 4 is 40.3 Å². The first-order valence-corrected chi connectivity index (χ1v) is 15.3. The largest absolute Gasteiger partial charge is 0.399 e. The maximum absolute atomic E-state index is 12.9. The summed E-state index contributed by atoms with van der Waals surface area (Å²) in [5.74, 6) is -0.456. The molecule has 4 aromatic carbocycles. The molecule has 240 valence electrons. The van der Waals surface area contributed by atoms with Crippen molar-refractivity contribution in [3.05, 3.63) is 119 Å². The molecule has 0 unspecified atom stereocenters. The number of carbonyl (C=O) groups excluding carboxylic acids is 2. The van der Waals surface area contributed by atoms with E-state index in [2.05, 4.69) is 15.8 Å². The number of nitrogens with zero attached hydrogens (tertiary/aromatic N) is 3. The summed E-state index contributed by atoms with van der Waals surface area (Å²) in [6.45, 7) is 6.74. The summed E-state index contributed by atoms with van der Waals surface area (Å²) in [4.78, 5) is 34.9. The van der Waals surface area contributed by atoms with Crippen LogP contribution in [0.4, 0.5) is 22.7 Å². The van der Waals surface area contributed by atoms with Crippen LogP contribution in [0.25, 0.3) is 0 Å². The van der Waals surface area contributed by atoms with Gasteiger partial charge in [-0.25, -0.2) is 0 Å². The first-order valence-electron chi connectivity index (χ1n) is 15.3. The minimum Gasteiger partial charge on any atom is -0.399 e. The highest BCUT2D eigenvalue weighted by Crippen LogP contribution is 2.21. The van der Waals surface area contributed by atoms with Crippen LogP contribution in [-0.4, -0.2) is 74.2 Å². The molecular weight excluding hydrogens is 582 g/mol. The fourth-order valence-corrected chi connectivity index (χ4v) is 5.02. The predicted molar refractivity (Wildman–Crippen MR) is 184 cm³/mol. The molecule has 0 heterocycles. The Morgan fingerprint density at radius 1 is 0.609 bits per heavy atom. The number of oxime groups is 1. The molecule has 10 heteroatoms. The second-order valence-corrected chi connectivity index (χ2v) is 10.4. The van der Waals surface area contributed by atoms with E-state index in [-0.39, 0.29) is 25.0 Å². The van der Waals surface area contributed by atoms with Crippen molar-refractivity contribution in [2.45, 2.75) is 13.8 Å². The Morgan fingerprint density at radius 3 is 1.26 bits per heavy atom. The second kappa shape index (κ2) is 16.8. The van der Waals surface area contributed by atoms with Crippen LogP contribution in [-0.2, 0) is 4.84 Å². The van der Waals surface area contributed by atoms with E-state index in [1.54, 1.807) is 48.5 Å². The lowest BCUT2D eigenvalue weighted by Crippen LogP contribution is -2.26. The maximum atomic E-state index is 12.9. The lowest BCUT2D eigenvalue weighted by Gasteiger charge is -2.22. The third kappa shape index (κ3) is 8.71. The van der Waals surface area contributed by atoms with Crippen LogP contribution < -0.4 is 20.4 Å². The Kier molecular flexibility index (Phi) is 12.3. The average Bonchev–Trinajstić information content (AvgIpc) is 3.09. The molecule has 0 aliphatic heterocycles. The van der Waals surface area contributed by atoms with Crippen LogP contribution in [0.5, 0.6) is 0 Å². The Labute approximate surface area is 269 Å². The van der Waals surface area contributed by atoms with Crippen molar-refractivity contribution in [1.29, 1.82) is 0 Å². The molecule has 0 saturated carbocycles. The first kappa shape index (κ1) is 33.7. The third-order valence-corrected chi connectivity index (χ3v) is 7.51. The van der Waals surface area contributed by atoms with Crippen molar-refractivity contribution < 1.29 is 24.6 Å². The van der Waals surface area contributed by atoms with Crippen molar-refractivity contribution in [1.82, 2.24) is 0 Å². The van der Waals surface area contributed by atoms with Crippen molar-refractivity contribution in [2.75, 3.05) is 66.9 Å². The van der Waals surface area contributed by atoms with Gasteiger partial charge in [-0.15, -0.1) is 0 Å². The normalized spacial score (nSPS) is 10.5. The highest BCUT2D eigenvalue weighted by Gasteiger charge is 2.13. The minimum absolute atomic E-state index is 0.0639. The number of anilines is 4. The molecule has 0 aliphatic rings. The zero-order valence-corrected chi connectivity index (χ0v) is 26.4. The molecule has 4 N–H and O–H groups in total. The third-order valence-electron chi connectivity index (χ3n) is 7.51. The molecule has 0 bridgehead atoms. The lowest BCUT2D eigenvalue weighted by molar-refractivity contribution is 0.101. The molecule has 0 saturated heterocycles. The molecule has 0 aliphatic carbocycles. The van der Waals surface area contributed by atoms with Gasteiger partial charge in [0.2, 0.25) is 0 Å². The Bertz CT molecular complexity index is 1470. The molecule has 0 fully saturated rings. The quantitative estimate of drug-likeness (QED) is 0.106. The van der Waals surface area contributed by atoms with E-state index in [9.17, 15) is 19.8 Å². The van der Waals surface area contributed by atoms with Gasteiger partial charge in [0.05, 0.1) is 13.2 Å². The van der Waals surface area contributed by atoms with Crippen LogP contribution in [0.15, 0.2) is 102 Å². The average molecular weight is 624 g/mol. The zero-order valence-electron chi connectivity index (χ0n) is 26.4. The van der Waals surface area contributed by atoms with Crippen molar-refractivity contribution in [2.24, 2.45) is 5.16 Å². The molecule has 0 atom stereocenters. The second-order valence-electron chi connectivity index (χ2n) is 10.4. The van der Waals surface area contributed by atoms with Gasteiger partial charge in [-0.1, -0.05) is 29.4 Å². The van der Waals surface area contributed by atoms with Crippen LogP contribution >= 0.6 is 0 Å². The molecule has 4 rings (SSSR count). The molecule has 0 radical (unpaired) electrons. The number of nitrogens with one attached hydrogen (secondary N) is 2. The van der Waals surface area contributed by atoms with Crippen LogP contribution in [0.1, 0.15) is 45.7 Å². The van der Waals surface area contributed by atoms with Crippen LogP contribution in [0.3, 0.4) is 0 Å². The van der Waals surface area contributed by atoms with E-state index in [0.29, 0.717) is 41.3 Å². The van der Waals surface area contributed by atoms with E-state index in [4.69, 9.17) is 4.84 Å². The molecule has 0 spiro atoms. The van der Waals surface area contributed by atoms with Gasteiger partial charge in [0.15, 0.2) is 0 Å². The van der Waals surface area contributed by atoms with Gasteiger partial charge in [-0.3, -0.25) is 9.59 Å². The fourth-order valence-electron chi connectivity index (χ4n) is 5.02. The smallest absolute Gasteiger partial charge is 0.255 e. The summed E-state index contributed by atoms with van der Waals surface area (Å²) < 4.78 is 0. The van der Waals surface area contributed by atoms with Gasteiger partial charge in [-0.2, -0.15) is 0 Å². The molecular formula is C36H41N5O5. The summed E-state index contributed by atoms with van der Waals surface area (Å²) in [5, 5.41) is 28.6. The topological polar surface area (TPSA) is 127 Å². The fraction of sp³-hybridized carbons (Fsp3) is 0.250. The number of likely N-dealkylation sites (N-methyl/N-ethyl adjacent to an activating group) is 2. The van der Waals surface area contributed by atoms with Gasteiger partial charge >= 0.3 is 0 Å². The summed E-state index contributed by atoms with van der Waals surface area (Å²) in [6, 6.07) is 29.2. The standard InChI is InChI=1S/C36H41N5O5/c1-4-40(22-24-42)32-18-10-28(11-19-32)35(44)37-30-14-6-26(7-15-30)34(39-46-3)27-8-16-31(17-9-27)38-36(45)29-12-20-33(21-13-29)41(5-2)23-25-43/h6-21,42-43H,4-5,22-25H2,1-3H3,(H,37,44)(H,38,45). The van der Waals surface area contributed by atoms with E-state index in [1.807, 2.05) is 72.2 Å². The highest BCUT2D eigenvalue weighted by atomic mass is 16.6. The lowest BCUT2D eigenvalue weighted by atomic mass is 10.0. The summed E-state index contributed by atoms with van der Waals surface area (Å²) in [5.41, 5.74) is 6.37. The number of aliphatic hydroxyl groups is 2. The number of carbonyl (C=O) groups is 2. The maximum Gasteiger partial charge on any atom is 0.255 e. The minimum atomic E-state index is -0.228. The van der Waals surface area contributed by atoms with Gasteiger partial charge in [0, 0.05) is 71.2 Å². The van der Waals surface area contributed by atoms with Crippen molar-refractivity contribution in [3.63, 3.8) is 0 Å². The predicted octanol–water partition coefficient (Wildman–Crippen LogP) is 5.23. The van der Waals surface area contributed by atoms with Gasteiger partial charge < -0.3 is 35.5 Å². The number of hydrogen-bond acceptors (Lipinski definition) is 8. The van der Waals surface area contributed by atoms with Gasteiger partial charge in [0.25, 0.3) is 11.8 Å². The zero-order chi connectivity index (χ0) is 32.9. The Balaban J connectivity index is 1.39. The number of rotatable bonds is 15. The van der Waals surface area contributed by atoms with Crippen LogP contribution in [0, 0.1) is 0 Å². The molecule has 0 aromatic heterocycles. The van der Waals surface area contributed by atoms with Gasteiger partial charge in [-0.05, 0) is 86.6 Å². The van der Waals surface area contributed by atoms with E-state index in [1.165, 1.54) is 7.11 Å². The molecule has 46 heavy (non-hydrogen) atoms. The Hall–Kier alpha value is -5.19. The number of amides is 2. The molecule has 2 amide bonds. The van der Waals surface area contributed by atoms with E-state index < -0.39 is 0 Å². The van der Waals surface area contributed by atoms with Crippen LogP contribution in [0.2, 0.25) is 0 Å². The first-order chi connectivity index (χ1) is 22.4. The summed E-state index contributed by atoms with van der Waals surface area (Å²) in [6.07, 6.45) is 0. The monoisotopic (exact) mass is 623 g/mol. The summed E-state index contributed by atoms with van der Waals surface area (Å²) >= 11 is 0. The summed E-state index contributed by atoms with van der Waals surface area (Å²) in [7, 11) is 1.48. The highest BCUT2D eigenvalue weighted by molar-refractivity contribution is 6.13. The van der Waals surface area contributed by atoms with Gasteiger partial charge in [0.1, 0.15) is 12.8 Å². The number of aliphatic hydroxyl groups excluding tert-OH is 2. The number of benzene rings is 4. The molecule has 10 nitrogen and oxygen atoms in total. The molecule has 4 aromatic rings. The van der Waals surface area contributed by atoms with E-state index >= 15 is 0 Å². The SMILES string of the molecule is CCN(CCO)c1ccc(C(=O)Nc2ccc(C(=NOC)c3ccc(NC(=O)c4ccc(N(CC)CCO)cc4)cc3)cc2)cc1. The van der Waals surface area contributed by atoms with Crippen molar-refractivity contribution in [3.8, 4) is 0 Å². The van der Waals surface area contributed by atoms with E-state index in [0.717, 1.165) is 35.6 Å². The Morgan fingerprint density at radius 2 is 0.957 bits per heavy atom. The number of hydrogen-bond donors (Lipinski definition) is 4.